The molecule has 0 spiro atoms. The smallest absolute Gasteiger partial charge is 0.350 e. The minimum Gasteiger partial charge on any atom is -0.490 e. The molecule has 110 valence electrons. The molecular weight excluding hydrogens is 278 g/mol. The lowest BCUT2D eigenvalue weighted by Crippen LogP contribution is -1.98. The third kappa shape index (κ3) is 3.16. The third-order valence-electron chi connectivity index (χ3n) is 2.58. The fraction of sp³-hybridized carbons (Fsp3) is 0.231. The first kappa shape index (κ1) is 14.5. The molecule has 1 aromatic heterocycles. The molecule has 0 aliphatic carbocycles. The van der Waals surface area contributed by atoms with Crippen molar-refractivity contribution in [2.45, 2.75) is 6.92 Å². The highest BCUT2D eigenvalue weighted by Crippen LogP contribution is 2.35. The Hall–Kier alpha value is -2.90. The van der Waals surface area contributed by atoms with Gasteiger partial charge in [0.1, 0.15) is 12.5 Å². The van der Waals surface area contributed by atoms with Crippen molar-refractivity contribution >= 4 is 12.0 Å². The fourth-order valence-corrected chi connectivity index (χ4v) is 1.71. The monoisotopic (exact) mass is 291 g/mol. The maximum Gasteiger partial charge on any atom is 0.350 e. The molecule has 0 amide bonds. The van der Waals surface area contributed by atoms with Crippen LogP contribution in [-0.4, -0.2) is 27.6 Å². The summed E-state index contributed by atoms with van der Waals surface area (Å²) in [5.74, 6) is 0.439. The minimum atomic E-state index is -0.581. The van der Waals surface area contributed by atoms with Gasteiger partial charge in [0, 0.05) is 12.6 Å². The Labute approximate surface area is 120 Å². The summed E-state index contributed by atoms with van der Waals surface area (Å²) in [7, 11) is 1.55. The van der Waals surface area contributed by atoms with Gasteiger partial charge in [-0.2, -0.15) is 0 Å². The lowest BCUT2D eigenvalue weighted by molar-refractivity contribution is -0.385. The molecule has 0 fully saturated rings. The Morgan fingerprint density at radius 3 is 2.81 bits per heavy atom. The van der Waals surface area contributed by atoms with E-state index < -0.39 is 4.92 Å². The van der Waals surface area contributed by atoms with Crippen LogP contribution in [-0.2, 0) is 7.05 Å². The summed E-state index contributed by atoms with van der Waals surface area (Å²) >= 11 is 0. The Morgan fingerprint density at radius 1 is 1.43 bits per heavy atom. The lowest BCUT2D eigenvalue weighted by atomic mass is 10.2. The van der Waals surface area contributed by atoms with E-state index in [9.17, 15) is 14.9 Å². The summed E-state index contributed by atoms with van der Waals surface area (Å²) in [6.07, 6.45) is 1.92. The first-order valence-corrected chi connectivity index (χ1v) is 6.13. The molecule has 8 nitrogen and oxygen atoms in total. The van der Waals surface area contributed by atoms with Crippen LogP contribution >= 0.6 is 0 Å². The number of nitrogens with zero attached hydrogens (tertiary/aromatic N) is 3. The summed E-state index contributed by atoms with van der Waals surface area (Å²) in [6.45, 7) is 2.14. The number of aldehydes is 1. The molecule has 21 heavy (non-hydrogen) atoms. The fourth-order valence-electron chi connectivity index (χ4n) is 1.71. The van der Waals surface area contributed by atoms with Gasteiger partial charge >= 0.3 is 11.6 Å². The number of nitro groups is 1. The number of rotatable bonds is 6. The highest BCUT2D eigenvalue weighted by atomic mass is 16.6. The average Bonchev–Trinajstić information content (AvgIpc) is 2.82. The van der Waals surface area contributed by atoms with Crippen molar-refractivity contribution in [1.29, 1.82) is 0 Å². The van der Waals surface area contributed by atoms with Crippen LogP contribution in [0.2, 0.25) is 0 Å². The van der Waals surface area contributed by atoms with Gasteiger partial charge < -0.3 is 9.47 Å². The van der Waals surface area contributed by atoms with Gasteiger partial charge in [0.15, 0.2) is 11.5 Å². The molecule has 1 heterocycles. The standard InChI is InChI=1S/C13H13N3O5/c1-3-20-12-6-9(8-17)4-5-11(12)21-13-10(16(18)19)7-15(2)14-13/h4-8H,3H2,1-2H3. The highest BCUT2D eigenvalue weighted by Gasteiger charge is 2.22. The Kier molecular flexibility index (Phi) is 4.17. The van der Waals surface area contributed by atoms with Crippen LogP contribution in [0.25, 0.3) is 0 Å². The summed E-state index contributed by atoms with van der Waals surface area (Å²) in [6, 6.07) is 4.54. The molecule has 0 aliphatic heterocycles. The number of aromatic nitrogens is 2. The van der Waals surface area contributed by atoms with Crippen LogP contribution in [0.3, 0.4) is 0 Å². The Balaban J connectivity index is 2.39. The number of hydrogen-bond donors (Lipinski definition) is 0. The first-order valence-electron chi connectivity index (χ1n) is 6.13. The third-order valence-corrected chi connectivity index (χ3v) is 2.58. The van der Waals surface area contributed by atoms with Crippen molar-refractivity contribution in [1.82, 2.24) is 9.78 Å². The van der Waals surface area contributed by atoms with Gasteiger partial charge in [-0.15, -0.1) is 5.10 Å². The van der Waals surface area contributed by atoms with Crippen LogP contribution < -0.4 is 9.47 Å². The number of ether oxygens (including phenoxy) is 2. The maximum absolute atomic E-state index is 10.9. The second kappa shape index (κ2) is 6.04. The Morgan fingerprint density at radius 2 is 2.19 bits per heavy atom. The number of hydrogen-bond acceptors (Lipinski definition) is 6. The molecule has 0 bridgehead atoms. The molecule has 1 aromatic carbocycles. The SMILES string of the molecule is CCOc1cc(C=O)ccc1Oc1nn(C)cc1[N+](=O)[O-]. The summed E-state index contributed by atoms with van der Waals surface area (Å²) in [5.41, 5.74) is 0.167. The van der Waals surface area contributed by atoms with E-state index in [0.717, 1.165) is 0 Å². The second-order valence-corrected chi connectivity index (χ2v) is 4.11. The van der Waals surface area contributed by atoms with Gasteiger partial charge in [0.05, 0.1) is 11.5 Å². The molecule has 8 heteroatoms. The minimum absolute atomic E-state index is 0.137. The van der Waals surface area contributed by atoms with E-state index >= 15 is 0 Å². The van der Waals surface area contributed by atoms with E-state index in [1.165, 1.54) is 29.1 Å². The summed E-state index contributed by atoms with van der Waals surface area (Å²) < 4.78 is 12.1. The quantitative estimate of drug-likeness (QED) is 0.460. The second-order valence-electron chi connectivity index (χ2n) is 4.11. The zero-order valence-electron chi connectivity index (χ0n) is 11.5. The topological polar surface area (TPSA) is 96.5 Å². The van der Waals surface area contributed by atoms with Crippen molar-refractivity contribution in [3.05, 3.63) is 40.1 Å². The van der Waals surface area contributed by atoms with Crippen LogP contribution in [0.5, 0.6) is 17.4 Å². The van der Waals surface area contributed by atoms with Crippen molar-refractivity contribution in [3.8, 4) is 17.4 Å². The van der Waals surface area contributed by atoms with Crippen LogP contribution in [0.1, 0.15) is 17.3 Å². The number of carbonyl (C=O) groups is 1. The molecule has 2 aromatic rings. The molecular formula is C13H13N3O5. The molecule has 0 N–H and O–H groups in total. The predicted molar refractivity (Wildman–Crippen MR) is 72.9 cm³/mol. The average molecular weight is 291 g/mol. The molecule has 0 unspecified atom stereocenters. The van der Waals surface area contributed by atoms with Crippen molar-refractivity contribution in [2.75, 3.05) is 6.61 Å². The first-order chi connectivity index (χ1) is 10.0. The van der Waals surface area contributed by atoms with E-state index in [1.807, 2.05) is 0 Å². The molecule has 0 atom stereocenters. The number of benzene rings is 1. The summed E-state index contributed by atoms with van der Waals surface area (Å²) in [4.78, 5) is 21.1. The van der Waals surface area contributed by atoms with Gasteiger partial charge in [0.2, 0.25) is 0 Å². The molecule has 0 aliphatic rings. The van der Waals surface area contributed by atoms with Crippen molar-refractivity contribution in [2.24, 2.45) is 7.05 Å². The normalized spacial score (nSPS) is 10.2. The largest absolute Gasteiger partial charge is 0.490 e. The van der Waals surface area contributed by atoms with Crippen molar-refractivity contribution in [3.63, 3.8) is 0 Å². The van der Waals surface area contributed by atoms with E-state index in [-0.39, 0.29) is 17.3 Å². The van der Waals surface area contributed by atoms with Crippen LogP contribution in [0.4, 0.5) is 5.69 Å². The molecule has 2 rings (SSSR count). The van der Waals surface area contributed by atoms with E-state index in [1.54, 1.807) is 14.0 Å². The zero-order chi connectivity index (χ0) is 15.4. The van der Waals surface area contributed by atoms with E-state index in [4.69, 9.17) is 9.47 Å². The number of aryl methyl sites for hydroxylation is 1. The van der Waals surface area contributed by atoms with Crippen LogP contribution in [0, 0.1) is 10.1 Å². The molecule has 0 saturated carbocycles. The van der Waals surface area contributed by atoms with Gasteiger partial charge in [0.25, 0.3) is 0 Å². The predicted octanol–water partition coefficient (Wildman–Crippen LogP) is 2.33. The van der Waals surface area contributed by atoms with E-state index in [0.29, 0.717) is 24.2 Å². The van der Waals surface area contributed by atoms with Gasteiger partial charge in [-0.05, 0) is 25.1 Å². The molecule has 0 saturated heterocycles. The number of carbonyl (C=O) groups excluding carboxylic acids is 1. The Bertz CT molecular complexity index is 680. The molecule has 0 radical (unpaired) electrons. The zero-order valence-corrected chi connectivity index (χ0v) is 11.5. The highest BCUT2D eigenvalue weighted by molar-refractivity contribution is 5.76. The van der Waals surface area contributed by atoms with Gasteiger partial charge in [-0.1, -0.05) is 0 Å². The van der Waals surface area contributed by atoms with Gasteiger partial charge in [-0.25, -0.2) is 0 Å². The van der Waals surface area contributed by atoms with Gasteiger partial charge in [-0.3, -0.25) is 19.6 Å². The maximum atomic E-state index is 10.9. The van der Waals surface area contributed by atoms with Crippen molar-refractivity contribution < 1.29 is 19.2 Å². The summed E-state index contributed by atoms with van der Waals surface area (Å²) in [5, 5.41) is 14.8. The van der Waals surface area contributed by atoms with E-state index in [2.05, 4.69) is 5.10 Å². The lowest BCUT2D eigenvalue weighted by Gasteiger charge is -2.10. The van der Waals surface area contributed by atoms with Crippen LogP contribution in [0.15, 0.2) is 24.4 Å².